The summed E-state index contributed by atoms with van der Waals surface area (Å²) in [5.74, 6) is 0. The zero-order valence-corrected chi connectivity index (χ0v) is 22.1. The molecule has 0 saturated carbocycles. The molecule has 1 aliphatic heterocycles. The topological polar surface area (TPSA) is 17.1 Å². The van der Waals surface area contributed by atoms with Crippen molar-refractivity contribution in [2.75, 3.05) is 0 Å². The monoisotopic (exact) mass is 515 g/mol. The van der Waals surface area contributed by atoms with Crippen molar-refractivity contribution in [2.24, 2.45) is 0 Å². The molecule has 2 heteroatoms. The molecule has 6 aromatic rings. The van der Waals surface area contributed by atoms with Gasteiger partial charge in [0.05, 0.1) is 5.41 Å². The van der Waals surface area contributed by atoms with Crippen LogP contribution in [0.1, 0.15) is 22.3 Å². The summed E-state index contributed by atoms with van der Waals surface area (Å²) in [4.78, 5) is 0. The minimum absolute atomic E-state index is 0.456. The van der Waals surface area contributed by atoms with Crippen molar-refractivity contribution >= 4 is 18.4 Å². The highest BCUT2D eigenvalue weighted by molar-refractivity contribution is 7.63. The first-order chi connectivity index (χ1) is 19.3. The molecule has 0 fully saturated rings. The molecule has 6 aromatic carbocycles. The van der Waals surface area contributed by atoms with Crippen molar-refractivity contribution in [3.63, 3.8) is 0 Å². The van der Waals surface area contributed by atoms with Crippen LogP contribution >= 0.6 is 7.80 Å². The van der Waals surface area contributed by atoms with E-state index in [1.165, 1.54) is 33.4 Å². The lowest BCUT2D eigenvalue weighted by molar-refractivity contribution is 0.598. The molecule has 39 heavy (non-hydrogen) atoms. The second-order valence-corrected chi connectivity index (χ2v) is 11.9. The molecule has 1 heterocycles. The molecule has 1 nitrogen and oxygen atoms in total. The summed E-state index contributed by atoms with van der Waals surface area (Å²) in [6.07, 6.45) is 0. The summed E-state index contributed by atoms with van der Waals surface area (Å²) >= 11 is 0. The highest BCUT2D eigenvalue weighted by atomic mass is 31.1. The summed E-state index contributed by atoms with van der Waals surface area (Å²) in [5.41, 5.74) is 11.4. The molecule has 0 N–H and O–H groups in total. The van der Waals surface area contributed by atoms with Crippen molar-refractivity contribution < 1.29 is 4.57 Å². The fourth-order valence-corrected chi connectivity index (χ4v) is 8.31. The maximum absolute atomic E-state index is 14.0. The zero-order valence-electron chi connectivity index (χ0n) is 21.2. The second kappa shape index (κ2) is 8.46. The quantitative estimate of drug-likeness (QED) is 0.216. The average Bonchev–Trinajstić information content (AvgIpc) is 3.46. The normalized spacial score (nSPS) is 14.8. The Kier molecular flexibility index (Phi) is 4.86. The van der Waals surface area contributed by atoms with Crippen LogP contribution in [0, 0.1) is 0 Å². The molecule has 0 amide bonds. The third-order valence-corrected chi connectivity index (χ3v) is 10.0. The molecule has 8 rings (SSSR count). The number of benzene rings is 6. The van der Waals surface area contributed by atoms with E-state index in [0.29, 0.717) is 0 Å². The van der Waals surface area contributed by atoms with Crippen molar-refractivity contribution in [3.8, 4) is 33.4 Å². The Morgan fingerprint density at radius 1 is 0.410 bits per heavy atom. The van der Waals surface area contributed by atoms with Crippen LogP contribution in [0.4, 0.5) is 0 Å². The smallest absolute Gasteiger partial charge is 0.0622 e. The van der Waals surface area contributed by atoms with E-state index in [1.807, 2.05) is 18.2 Å². The van der Waals surface area contributed by atoms with Gasteiger partial charge in [-0.3, -0.25) is 0 Å². The van der Waals surface area contributed by atoms with Crippen LogP contribution in [-0.4, -0.2) is 0 Å². The average molecular weight is 516 g/mol. The summed E-state index contributed by atoms with van der Waals surface area (Å²) in [6.45, 7) is 0. The fourth-order valence-electron chi connectivity index (χ4n) is 6.73. The van der Waals surface area contributed by atoms with Crippen LogP contribution < -0.4 is 10.6 Å². The maximum atomic E-state index is 14.0. The van der Waals surface area contributed by atoms with Gasteiger partial charge in [0.15, 0.2) is 0 Å². The van der Waals surface area contributed by atoms with Gasteiger partial charge in [-0.25, -0.2) is 0 Å². The van der Waals surface area contributed by atoms with Gasteiger partial charge in [-0.15, -0.1) is 0 Å². The molecule has 0 saturated heterocycles. The molecular weight excluding hydrogens is 491 g/mol. The van der Waals surface area contributed by atoms with Crippen molar-refractivity contribution in [1.82, 2.24) is 0 Å². The van der Waals surface area contributed by atoms with E-state index in [1.54, 1.807) is 0 Å². The third-order valence-electron chi connectivity index (χ3n) is 8.41. The molecule has 0 spiro atoms. The molecule has 0 radical (unpaired) electrons. The summed E-state index contributed by atoms with van der Waals surface area (Å²) < 4.78 is 14.0. The molecule has 182 valence electrons. The maximum Gasteiger partial charge on any atom is 0.416 e. The Morgan fingerprint density at radius 3 is 1.69 bits per heavy atom. The number of hydrogen-bond acceptors (Lipinski definition) is 1. The van der Waals surface area contributed by atoms with E-state index in [-0.39, 0.29) is 0 Å². The van der Waals surface area contributed by atoms with E-state index in [2.05, 4.69) is 127 Å². The first kappa shape index (κ1) is 22.4. The Balaban J connectivity index is 1.42. The van der Waals surface area contributed by atoms with E-state index >= 15 is 0 Å². The molecule has 0 bridgehead atoms. The first-order valence-corrected chi connectivity index (χ1v) is 14.6. The molecular formula is C37H24OP+. The van der Waals surface area contributed by atoms with Gasteiger partial charge in [0, 0.05) is 23.3 Å². The van der Waals surface area contributed by atoms with E-state index in [9.17, 15) is 4.57 Å². The van der Waals surface area contributed by atoms with E-state index < -0.39 is 13.2 Å². The minimum Gasteiger partial charge on any atom is -0.0622 e. The predicted molar refractivity (Wildman–Crippen MR) is 161 cm³/mol. The lowest BCUT2D eigenvalue weighted by Crippen LogP contribution is -2.28. The van der Waals surface area contributed by atoms with Crippen LogP contribution in [0.15, 0.2) is 146 Å². The highest BCUT2D eigenvalue weighted by Gasteiger charge is 2.49. The first-order valence-electron chi connectivity index (χ1n) is 13.3. The van der Waals surface area contributed by atoms with Crippen molar-refractivity contribution in [1.29, 1.82) is 0 Å². The van der Waals surface area contributed by atoms with Gasteiger partial charge in [0.2, 0.25) is 10.6 Å². The van der Waals surface area contributed by atoms with E-state index in [4.69, 9.17) is 0 Å². The number of fused-ring (bicyclic) bond motifs is 6. The largest absolute Gasteiger partial charge is 0.416 e. The van der Waals surface area contributed by atoms with Crippen molar-refractivity contribution in [3.05, 3.63) is 168 Å². The van der Waals surface area contributed by atoms with Gasteiger partial charge in [0.25, 0.3) is 0 Å². The van der Waals surface area contributed by atoms with Gasteiger partial charge in [0.1, 0.15) is 0 Å². The molecule has 0 aromatic heterocycles. The Hall–Kier alpha value is -4.58. The summed E-state index contributed by atoms with van der Waals surface area (Å²) in [7, 11) is -1.69. The Bertz CT molecular complexity index is 1870. The van der Waals surface area contributed by atoms with Gasteiger partial charge < -0.3 is 0 Å². The highest BCUT2D eigenvalue weighted by Crippen LogP contribution is 2.57. The molecule has 1 aliphatic carbocycles. The SMILES string of the molecule is O=[P+]1c2cc(-c3ccccc3)ccc2-c2cc3c(cc21)-c1ccccc1C3(c1ccccc1)c1ccccc1. The van der Waals surface area contributed by atoms with Crippen LogP contribution in [0.5, 0.6) is 0 Å². The fraction of sp³-hybridized carbons (Fsp3) is 0.0270. The Morgan fingerprint density at radius 2 is 1.00 bits per heavy atom. The molecule has 2 aliphatic rings. The number of rotatable bonds is 3. The number of hydrogen-bond donors (Lipinski definition) is 0. The lowest BCUT2D eigenvalue weighted by Gasteiger charge is -2.34. The minimum atomic E-state index is -1.69. The van der Waals surface area contributed by atoms with Gasteiger partial charge in [-0.2, -0.15) is 0 Å². The zero-order chi connectivity index (χ0) is 26.0. The van der Waals surface area contributed by atoms with Crippen molar-refractivity contribution in [2.45, 2.75) is 5.41 Å². The van der Waals surface area contributed by atoms with Gasteiger partial charge in [-0.1, -0.05) is 126 Å². The van der Waals surface area contributed by atoms with Crippen LogP contribution in [-0.2, 0) is 9.98 Å². The van der Waals surface area contributed by atoms with Crippen LogP contribution in [0.2, 0.25) is 0 Å². The molecule has 1 unspecified atom stereocenters. The summed E-state index contributed by atoms with van der Waals surface area (Å²) in [6, 6.07) is 51.7. The molecule has 1 atom stereocenters. The summed E-state index contributed by atoms with van der Waals surface area (Å²) in [5, 5.41) is 1.87. The van der Waals surface area contributed by atoms with Crippen LogP contribution in [0.3, 0.4) is 0 Å². The second-order valence-electron chi connectivity index (χ2n) is 10.3. The predicted octanol–water partition coefficient (Wildman–Crippen LogP) is 8.48. The Labute approximate surface area is 229 Å². The van der Waals surface area contributed by atoms with E-state index in [0.717, 1.165) is 32.9 Å². The van der Waals surface area contributed by atoms with Gasteiger partial charge >= 0.3 is 7.80 Å². The lowest BCUT2D eigenvalue weighted by atomic mass is 9.67. The standard InChI is InChI=1S/C37H24OP/c38-39-35-22-26(25-12-4-1-5-13-25)20-21-30(35)32-23-34-31(24-36(32)39)29-18-10-11-19-33(29)37(34,27-14-6-2-7-15-27)28-16-8-3-9-17-28/h1-24H/q+1. The van der Waals surface area contributed by atoms with Crippen LogP contribution in [0.25, 0.3) is 33.4 Å². The third kappa shape index (κ3) is 3.08. The van der Waals surface area contributed by atoms with Gasteiger partial charge in [-0.05, 0) is 56.6 Å².